The lowest BCUT2D eigenvalue weighted by molar-refractivity contribution is 0.0211. The van der Waals surface area contributed by atoms with Crippen LogP contribution < -0.4 is 5.30 Å². The molecular weight excluding hydrogens is 287 g/mol. The Morgan fingerprint density at radius 1 is 1.29 bits per heavy atom. The van der Waals surface area contributed by atoms with Crippen molar-refractivity contribution in [2.24, 2.45) is 0 Å². The fourth-order valence-electron chi connectivity index (χ4n) is 2.66. The number of ether oxygens (including phenoxy) is 1. The van der Waals surface area contributed by atoms with Crippen LogP contribution >= 0.6 is 7.37 Å². The molecule has 116 valence electrons. The maximum atomic E-state index is 12.5. The van der Waals surface area contributed by atoms with Gasteiger partial charge in [-0.1, -0.05) is 19.4 Å². The maximum absolute atomic E-state index is 12.5. The summed E-state index contributed by atoms with van der Waals surface area (Å²) in [5.74, 6) is -0.331. The highest BCUT2D eigenvalue weighted by Crippen LogP contribution is 2.44. The van der Waals surface area contributed by atoms with Crippen LogP contribution in [0.3, 0.4) is 0 Å². The monoisotopic (exact) mass is 310 g/mol. The molecule has 21 heavy (non-hydrogen) atoms. The zero-order chi connectivity index (χ0) is 15.3. The minimum Gasteiger partial charge on any atom is -0.459 e. The first-order valence-electron chi connectivity index (χ1n) is 7.55. The molecule has 1 aliphatic rings. The molecule has 1 aromatic rings. The van der Waals surface area contributed by atoms with Gasteiger partial charge in [-0.25, -0.2) is 4.79 Å². The van der Waals surface area contributed by atoms with Crippen LogP contribution in [-0.2, 0) is 13.8 Å². The van der Waals surface area contributed by atoms with Crippen LogP contribution in [0.1, 0.15) is 49.4 Å². The Kier molecular flexibility index (Phi) is 5.60. The Balaban J connectivity index is 2.13. The number of hydrogen-bond acceptors (Lipinski definition) is 4. The number of esters is 1. The first-order chi connectivity index (χ1) is 10.1. The van der Waals surface area contributed by atoms with Crippen LogP contribution in [-0.4, -0.2) is 25.3 Å². The van der Waals surface area contributed by atoms with Gasteiger partial charge in [0.1, 0.15) is 6.10 Å². The molecule has 4 nitrogen and oxygen atoms in total. The summed E-state index contributed by atoms with van der Waals surface area (Å²) in [7, 11) is -1.41. The number of rotatable bonds is 5. The van der Waals surface area contributed by atoms with Crippen molar-refractivity contribution in [3.8, 4) is 0 Å². The third kappa shape index (κ3) is 3.96. The molecule has 2 rings (SSSR count). The van der Waals surface area contributed by atoms with E-state index >= 15 is 0 Å². The Hall–Kier alpha value is -1.12. The van der Waals surface area contributed by atoms with E-state index in [9.17, 15) is 9.36 Å². The van der Waals surface area contributed by atoms with Gasteiger partial charge in [-0.3, -0.25) is 4.57 Å². The summed E-state index contributed by atoms with van der Waals surface area (Å²) in [6.07, 6.45) is 5.77. The number of carbonyl (C=O) groups excluding carboxylic acids is 1. The molecule has 0 heterocycles. The molecule has 0 spiro atoms. The Labute approximate surface area is 126 Å². The summed E-state index contributed by atoms with van der Waals surface area (Å²) in [5, 5.41) is 0.575. The van der Waals surface area contributed by atoms with Gasteiger partial charge in [0.25, 0.3) is 0 Å². The predicted molar refractivity (Wildman–Crippen MR) is 83.5 cm³/mol. The summed E-state index contributed by atoms with van der Waals surface area (Å²) >= 11 is 0. The highest BCUT2D eigenvalue weighted by molar-refractivity contribution is 7.66. The minimum absolute atomic E-state index is 0.0234. The predicted octanol–water partition coefficient (Wildman–Crippen LogP) is 3.75. The van der Waals surface area contributed by atoms with E-state index in [2.05, 4.69) is 0 Å². The van der Waals surface area contributed by atoms with Crippen LogP contribution in [0.25, 0.3) is 0 Å². The lowest BCUT2D eigenvalue weighted by Crippen LogP contribution is -2.21. The molecule has 0 radical (unpaired) electrons. The molecule has 1 atom stereocenters. The highest BCUT2D eigenvalue weighted by Gasteiger charge is 2.24. The van der Waals surface area contributed by atoms with E-state index in [0.29, 0.717) is 17.0 Å². The molecule has 5 heteroatoms. The molecule has 1 fully saturated rings. The van der Waals surface area contributed by atoms with Crippen LogP contribution in [0.4, 0.5) is 0 Å². The van der Waals surface area contributed by atoms with Gasteiger partial charge < -0.3 is 9.26 Å². The second-order valence-electron chi connectivity index (χ2n) is 5.39. The molecule has 0 amide bonds. The van der Waals surface area contributed by atoms with E-state index in [4.69, 9.17) is 9.26 Å². The molecule has 0 bridgehead atoms. The van der Waals surface area contributed by atoms with Gasteiger partial charge in [0, 0.05) is 18.6 Å². The SMILES string of the molecule is CCP(=O)(OC)c1cccc(C(=O)OC2CCCCC2)c1. The van der Waals surface area contributed by atoms with Crippen molar-refractivity contribution in [2.75, 3.05) is 13.3 Å². The molecule has 1 aromatic carbocycles. The van der Waals surface area contributed by atoms with E-state index < -0.39 is 7.37 Å². The Morgan fingerprint density at radius 2 is 2.00 bits per heavy atom. The molecule has 0 aromatic heterocycles. The van der Waals surface area contributed by atoms with Gasteiger partial charge in [0.05, 0.1) is 5.56 Å². The maximum Gasteiger partial charge on any atom is 0.338 e. The fraction of sp³-hybridized carbons (Fsp3) is 0.562. The molecular formula is C16H23O4P. The van der Waals surface area contributed by atoms with Gasteiger partial charge in [0.15, 0.2) is 0 Å². The largest absolute Gasteiger partial charge is 0.459 e. The lowest BCUT2D eigenvalue weighted by Gasteiger charge is -2.22. The van der Waals surface area contributed by atoms with Crippen molar-refractivity contribution in [1.82, 2.24) is 0 Å². The van der Waals surface area contributed by atoms with Gasteiger partial charge in [-0.15, -0.1) is 0 Å². The van der Waals surface area contributed by atoms with Crippen molar-refractivity contribution in [3.05, 3.63) is 29.8 Å². The molecule has 1 saturated carbocycles. The topological polar surface area (TPSA) is 52.6 Å². The van der Waals surface area contributed by atoms with E-state index in [-0.39, 0.29) is 12.1 Å². The van der Waals surface area contributed by atoms with E-state index in [0.717, 1.165) is 25.7 Å². The van der Waals surface area contributed by atoms with Gasteiger partial charge in [0.2, 0.25) is 7.37 Å². The van der Waals surface area contributed by atoms with Crippen molar-refractivity contribution < 1.29 is 18.6 Å². The highest BCUT2D eigenvalue weighted by atomic mass is 31.2. The third-order valence-corrected chi connectivity index (χ3v) is 6.50. The van der Waals surface area contributed by atoms with E-state index in [1.807, 2.05) is 6.92 Å². The summed E-state index contributed by atoms with van der Waals surface area (Å²) in [5.41, 5.74) is 0.448. The quantitative estimate of drug-likeness (QED) is 0.614. The first kappa shape index (κ1) is 16.3. The van der Waals surface area contributed by atoms with Gasteiger partial charge >= 0.3 is 5.97 Å². The van der Waals surface area contributed by atoms with Crippen molar-refractivity contribution >= 4 is 18.6 Å². The summed E-state index contributed by atoms with van der Waals surface area (Å²) in [6.45, 7) is 1.82. The second kappa shape index (κ2) is 7.24. The Bertz CT molecular complexity index is 527. The van der Waals surface area contributed by atoms with Crippen LogP contribution in [0.15, 0.2) is 24.3 Å². The fourth-order valence-corrected chi connectivity index (χ4v) is 4.15. The molecule has 1 unspecified atom stereocenters. The van der Waals surface area contributed by atoms with Crippen molar-refractivity contribution in [2.45, 2.75) is 45.1 Å². The lowest BCUT2D eigenvalue weighted by atomic mass is 9.98. The van der Waals surface area contributed by atoms with Crippen LogP contribution in [0, 0.1) is 0 Å². The minimum atomic E-state index is -2.85. The summed E-state index contributed by atoms with van der Waals surface area (Å²) < 4.78 is 23.2. The van der Waals surface area contributed by atoms with E-state index in [1.165, 1.54) is 13.5 Å². The van der Waals surface area contributed by atoms with Crippen LogP contribution in [0.5, 0.6) is 0 Å². The van der Waals surface area contributed by atoms with Gasteiger partial charge in [-0.05, 0) is 43.9 Å². The second-order valence-corrected chi connectivity index (χ2v) is 8.25. The molecule has 0 N–H and O–H groups in total. The average molecular weight is 310 g/mol. The molecule has 1 aliphatic carbocycles. The molecule has 0 aliphatic heterocycles. The normalized spacial score (nSPS) is 19.0. The van der Waals surface area contributed by atoms with Crippen molar-refractivity contribution in [3.63, 3.8) is 0 Å². The smallest absolute Gasteiger partial charge is 0.338 e. The van der Waals surface area contributed by atoms with Gasteiger partial charge in [-0.2, -0.15) is 0 Å². The Morgan fingerprint density at radius 3 is 2.62 bits per heavy atom. The first-order valence-corrected chi connectivity index (χ1v) is 9.36. The number of carbonyl (C=O) groups is 1. The summed E-state index contributed by atoms with van der Waals surface area (Å²) in [6, 6.07) is 6.81. The molecule has 0 saturated heterocycles. The average Bonchev–Trinajstić information content (AvgIpc) is 2.55. The van der Waals surface area contributed by atoms with Crippen LogP contribution in [0.2, 0.25) is 0 Å². The van der Waals surface area contributed by atoms with E-state index in [1.54, 1.807) is 24.3 Å². The number of benzene rings is 1. The summed E-state index contributed by atoms with van der Waals surface area (Å²) in [4.78, 5) is 12.2. The standard InChI is InChI=1S/C16H23O4P/c1-3-21(18,19-2)15-11-7-8-13(12-15)16(17)20-14-9-5-4-6-10-14/h7-8,11-12,14H,3-6,9-10H2,1-2H3. The third-order valence-electron chi connectivity index (χ3n) is 4.01. The number of hydrogen-bond donors (Lipinski definition) is 0. The van der Waals surface area contributed by atoms with Crippen molar-refractivity contribution in [1.29, 1.82) is 0 Å². The zero-order valence-electron chi connectivity index (χ0n) is 12.7. The zero-order valence-corrected chi connectivity index (χ0v) is 13.6.